The van der Waals surface area contributed by atoms with Gasteiger partial charge >= 0.3 is 0 Å². The van der Waals surface area contributed by atoms with Crippen molar-refractivity contribution in [2.75, 3.05) is 13.1 Å². The van der Waals surface area contributed by atoms with Crippen LogP contribution in [0.15, 0.2) is 0 Å². The molecule has 3 N–H and O–H groups in total. The van der Waals surface area contributed by atoms with Gasteiger partial charge in [0.25, 0.3) is 0 Å². The molecule has 0 radical (unpaired) electrons. The molecule has 12 heavy (non-hydrogen) atoms. The lowest BCUT2D eigenvalue weighted by atomic mass is 10.0. The third kappa shape index (κ3) is 2.76. The molecule has 0 heterocycles. The maximum atomic E-state index is 5.69. The molecule has 2 unspecified atom stereocenters. The van der Waals surface area contributed by atoms with E-state index in [0.29, 0.717) is 6.04 Å². The normalized spacial score (nSPS) is 30.0. The van der Waals surface area contributed by atoms with Gasteiger partial charge in [-0.05, 0) is 37.8 Å². The maximum absolute atomic E-state index is 5.69. The molecule has 2 atom stereocenters. The van der Waals surface area contributed by atoms with Crippen molar-refractivity contribution in [2.45, 2.75) is 39.2 Å². The molecular weight excluding hydrogens is 148 g/mol. The Bertz CT molecular complexity index is 123. The summed E-state index contributed by atoms with van der Waals surface area (Å²) in [5.74, 6) is 1.49. The van der Waals surface area contributed by atoms with E-state index < -0.39 is 0 Å². The molecule has 0 aromatic heterocycles. The highest BCUT2D eigenvalue weighted by molar-refractivity contribution is 4.83. The SMILES string of the molecule is CC(C)CNC1CCCC1CN. The largest absolute Gasteiger partial charge is 0.330 e. The third-order valence-electron chi connectivity index (χ3n) is 2.75. The van der Waals surface area contributed by atoms with Crippen LogP contribution in [0.4, 0.5) is 0 Å². The summed E-state index contributed by atoms with van der Waals surface area (Å²) in [5.41, 5.74) is 5.69. The number of hydrogen-bond acceptors (Lipinski definition) is 2. The highest BCUT2D eigenvalue weighted by Crippen LogP contribution is 2.24. The molecule has 0 saturated heterocycles. The third-order valence-corrected chi connectivity index (χ3v) is 2.75. The molecule has 2 nitrogen and oxygen atoms in total. The zero-order valence-corrected chi connectivity index (χ0v) is 8.34. The Hall–Kier alpha value is -0.0800. The molecule has 0 spiro atoms. The van der Waals surface area contributed by atoms with E-state index in [4.69, 9.17) is 5.73 Å². The van der Waals surface area contributed by atoms with Crippen molar-refractivity contribution < 1.29 is 0 Å². The highest BCUT2D eigenvalue weighted by atomic mass is 14.9. The van der Waals surface area contributed by atoms with Crippen molar-refractivity contribution in [3.63, 3.8) is 0 Å². The van der Waals surface area contributed by atoms with E-state index in [1.807, 2.05) is 0 Å². The smallest absolute Gasteiger partial charge is 0.0107 e. The van der Waals surface area contributed by atoms with E-state index >= 15 is 0 Å². The molecule has 1 saturated carbocycles. The van der Waals surface area contributed by atoms with Crippen molar-refractivity contribution in [3.05, 3.63) is 0 Å². The first-order valence-corrected chi connectivity index (χ1v) is 5.17. The van der Waals surface area contributed by atoms with E-state index in [9.17, 15) is 0 Å². The van der Waals surface area contributed by atoms with Crippen LogP contribution in [0, 0.1) is 11.8 Å². The Morgan fingerprint density at radius 3 is 2.75 bits per heavy atom. The van der Waals surface area contributed by atoms with Crippen LogP contribution >= 0.6 is 0 Å². The van der Waals surface area contributed by atoms with Gasteiger partial charge in [-0.3, -0.25) is 0 Å². The van der Waals surface area contributed by atoms with Gasteiger partial charge in [-0.1, -0.05) is 20.3 Å². The summed E-state index contributed by atoms with van der Waals surface area (Å²) in [6.07, 6.45) is 4.01. The Balaban J connectivity index is 2.21. The van der Waals surface area contributed by atoms with Crippen molar-refractivity contribution in [2.24, 2.45) is 17.6 Å². The topological polar surface area (TPSA) is 38.0 Å². The lowest BCUT2D eigenvalue weighted by Crippen LogP contribution is -2.37. The van der Waals surface area contributed by atoms with Crippen LogP contribution in [-0.4, -0.2) is 19.1 Å². The second-order valence-corrected chi connectivity index (χ2v) is 4.34. The van der Waals surface area contributed by atoms with E-state index in [1.165, 1.54) is 19.3 Å². The predicted molar refractivity (Wildman–Crippen MR) is 53.0 cm³/mol. The maximum Gasteiger partial charge on any atom is 0.0107 e. The first-order chi connectivity index (χ1) is 5.74. The molecule has 0 bridgehead atoms. The Kier molecular flexibility index (Phi) is 4.02. The van der Waals surface area contributed by atoms with Crippen molar-refractivity contribution in [1.29, 1.82) is 0 Å². The molecule has 0 amide bonds. The molecule has 72 valence electrons. The van der Waals surface area contributed by atoms with Gasteiger partial charge in [0.05, 0.1) is 0 Å². The molecule has 1 fully saturated rings. The second-order valence-electron chi connectivity index (χ2n) is 4.34. The van der Waals surface area contributed by atoms with E-state index in [2.05, 4.69) is 19.2 Å². The monoisotopic (exact) mass is 170 g/mol. The Labute approximate surface area is 75.9 Å². The van der Waals surface area contributed by atoms with E-state index in [0.717, 1.165) is 24.9 Å². The van der Waals surface area contributed by atoms with Gasteiger partial charge in [0.1, 0.15) is 0 Å². The van der Waals surface area contributed by atoms with Crippen molar-refractivity contribution in [3.8, 4) is 0 Å². The molecule has 1 aliphatic rings. The Morgan fingerprint density at radius 1 is 1.42 bits per heavy atom. The summed E-state index contributed by atoms with van der Waals surface area (Å²) in [4.78, 5) is 0. The van der Waals surface area contributed by atoms with Gasteiger partial charge in [-0.2, -0.15) is 0 Å². The minimum absolute atomic E-state index is 0.706. The molecule has 1 rings (SSSR count). The van der Waals surface area contributed by atoms with Crippen LogP contribution in [0.1, 0.15) is 33.1 Å². The van der Waals surface area contributed by atoms with Crippen LogP contribution < -0.4 is 11.1 Å². The number of nitrogens with two attached hydrogens (primary N) is 1. The van der Waals surface area contributed by atoms with Gasteiger partial charge in [-0.25, -0.2) is 0 Å². The first-order valence-electron chi connectivity index (χ1n) is 5.17. The summed E-state index contributed by atoms with van der Waals surface area (Å²) in [6, 6.07) is 0.706. The van der Waals surface area contributed by atoms with Crippen LogP contribution in [0.5, 0.6) is 0 Å². The first kappa shape index (κ1) is 10.0. The average molecular weight is 170 g/mol. The second kappa shape index (κ2) is 4.83. The summed E-state index contributed by atoms with van der Waals surface area (Å²) >= 11 is 0. The summed E-state index contributed by atoms with van der Waals surface area (Å²) < 4.78 is 0. The number of nitrogens with one attached hydrogen (secondary N) is 1. The molecule has 0 aliphatic heterocycles. The predicted octanol–water partition coefficient (Wildman–Crippen LogP) is 1.36. The van der Waals surface area contributed by atoms with E-state index in [1.54, 1.807) is 0 Å². The molecule has 2 heteroatoms. The van der Waals surface area contributed by atoms with Gasteiger partial charge in [-0.15, -0.1) is 0 Å². The Morgan fingerprint density at radius 2 is 2.17 bits per heavy atom. The van der Waals surface area contributed by atoms with Crippen LogP contribution in [-0.2, 0) is 0 Å². The standard InChI is InChI=1S/C10H22N2/c1-8(2)7-12-10-5-3-4-9(10)6-11/h8-10,12H,3-7,11H2,1-2H3. The summed E-state index contributed by atoms with van der Waals surface area (Å²) in [5, 5.41) is 3.60. The summed E-state index contributed by atoms with van der Waals surface area (Å²) in [7, 11) is 0. The fourth-order valence-corrected chi connectivity index (χ4v) is 1.97. The van der Waals surface area contributed by atoms with Gasteiger partial charge in [0.15, 0.2) is 0 Å². The van der Waals surface area contributed by atoms with Crippen LogP contribution in [0.25, 0.3) is 0 Å². The lowest BCUT2D eigenvalue weighted by Gasteiger charge is -2.20. The molecule has 0 aromatic carbocycles. The van der Waals surface area contributed by atoms with Gasteiger partial charge in [0, 0.05) is 6.04 Å². The quantitative estimate of drug-likeness (QED) is 0.668. The molecule has 0 aromatic rings. The van der Waals surface area contributed by atoms with Gasteiger partial charge < -0.3 is 11.1 Å². The number of rotatable bonds is 4. The fraction of sp³-hybridized carbons (Fsp3) is 1.00. The van der Waals surface area contributed by atoms with Crippen molar-refractivity contribution >= 4 is 0 Å². The fourth-order valence-electron chi connectivity index (χ4n) is 1.97. The zero-order valence-electron chi connectivity index (χ0n) is 8.34. The number of hydrogen-bond donors (Lipinski definition) is 2. The minimum Gasteiger partial charge on any atom is -0.330 e. The zero-order chi connectivity index (χ0) is 8.97. The molecule has 1 aliphatic carbocycles. The van der Waals surface area contributed by atoms with Crippen LogP contribution in [0.2, 0.25) is 0 Å². The van der Waals surface area contributed by atoms with Crippen molar-refractivity contribution in [1.82, 2.24) is 5.32 Å². The minimum atomic E-state index is 0.706. The highest BCUT2D eigenvalue weighted by Gasteiger charge is 2.25. The average Bonchev–Trinajstić information content (AvgIpc) is 2.47. The van der Waals surface area contributed by atoms with Crippen LogP contribution in [0.3, 0.4) is 0 Å². The van der Waals surface area contributed by atoms with E-state index in [-0.39, 0.29) is 0 Å². The molecular formula is C10H22N2. The summed E-state index contributed by atoms with van der Waals surface area (Å²) in [6.45, 7) is 6.50. The lowest BCUT2D eigenvalue weighted by molar-refractivity contribution is 0.386. The van der Waals surface area contributed by atoms with Gasteiger partial charge in [0.2, 0.25) is 0 Å².